The largest absolute Gasteiger partial charge is 0.455 e. The minimum absolute atomic E-state index is 0.0466. The molecule has 1 atom stereocenters. The number of pyridine rings is 2. The van der Waals surface area contributed by atoms with Crippen LogP contribution in [0.25, 0.3) is 11.4 Å². The fraction of sp³-hybridized carbons (Fsp3) is 0.333. The Labute approximate surface area is 143 Å². The van der Waals surface area contributed by atoms with E-state index in [2.05, 4.69) is 9.97 Å². The van der Waals surface area contributed by atoms with Crippen molar-refractivity contribution in [3.63, 3.8) is 0 Å². The lowest BCUT2D eigenvalue weighted by molar-refractivity contribution is -0.277. The first-order valence-corrected chi connectivity index (χ1v) is 7.26. The summed E-state index contributed by atoms with van der Waals surface area (Å²) in [5.74, 6) is -5.72. The van der Waals surface area contributed by atoms with Crippen LogP contribution < -0.4 is 9.80 Å². The van der Waals surface area contributed by atoms with Gasteiger partial charge in [-0.1, -0.05) is 0 Å². The predicted octanol–water partition coefficient (Wildman–Crippen LogP) is 3.01. The Bertz CT molecular complexity index is 828. The third kappa shape index (κ3) is 2.91. The molecule has 0 bridgehead atoms. The summed E-state index contributed by atoms with van der Waals surface area (Å²) in [7, 11) is 1.30. The van der Waals surface area contributed by atoms with E-state index in [0.29, 0.717) is 4.90 Å². The van der Waals surface area contributed by atoms with Gasteiger partial charge in [-0.15, -0.1) is 0 Å². The summed E-state index contributed by atoms with van der Waals surface area (Å²) in [4.78, 5) is 9.27. The molecule has 0 aromatic carbocycles. The average Bonchev–Trinajstić information content (AvgIpc) is 2.79. The van der Waals surface area contributed by atoms with Gasteiger partial charge in [0.05, 0.1) is 29.8 Å². The molecule has 1 aliphatic heterocycles. The van der Waals surface area contributed by atoms with Crippen LogP contribution in [0.1, 0.15) is 0 Å². The van der Waals surface area contributed by atoms with Crippen molar-refractivity contribution >= 4 is 11.4 Å². The highest BCUT2D eigenvalue weighted by Crippen LogP contribution is 2.43. The van der Waals surface area contributed by atoms with Crippen molar-refractivity contribution in [2.75, 3.05) is 23.4 Å². The molecule has 2 aromatic rings. The van der Waals surface area contributed by atoms with Gasteiger partial charge in [-0.3, -0.25) is 9.97 Å². The van der Waals surface area contributed by atoms with E-state index in [9.17, 15) is 31.4 Å². The second-order valence-electron chi connectivity index (χ2n) is 5.68. The van der Waals surface area contributed by atoms with Crippen molar-refractivity contribution in [2.45, 2.75) is 18.5 Å². The Morgan fingerprint density at radius 3 is 2.46 bits per heavy atom. The minimum Gasteiger partial charge on any atom is -0.356 e. The summed E-state index contributed by atoms with van der Waals surface area (Å²) in [6.07, 6.45) is -5.21. The average molecular weight is 378 g/mol. The molecule has 0 saturated heterocycles. The number of fused-ring (bicyclic) bond motifs is 1. The highest BCUT2D eigenvalue weighted by molar-refractivity contribution is 5.79. The summed E-state index contributed by atoms with van der Waals surface area (Å²) in [5.41, 5.74) is -0.0860. The molecule has 1 N–H and O–H groups in total. The molecule has 1 aliphatic rings. The number of aliphatic hydroxyl groups is 1. The fourth-order valence-electron chi connectivity index (χ4n) is 2.57. The van der Waals surface area contributed by atoms with Crippen LogP contribution in [0.2, 0.25) is 0 Å². The van der Waals surface area contributed by atoms with Gasteiger partial charge in [0, 0.05) is 13.2 Å². The zero-order valence-corrected chi connectivity index (χ0v) is 13.2. The van der Waals surface area contributed by atoms with E-state index in [1.807, 2.05) is 0 Å². The number of halogens is 6. The van der Waals surface area contributed by atoms with Crippen molar-refractivity contribution in [1.82, 2.24) is 9.97 Å². The quantitative estimate of drug-likeness (QED) is 0.833. The van der Waals surface area contributed by atoms with Gasteiger partial charge < -0.3 is 14.9 Å². The maximum absolute atomic E-state index is 13.8. The standard InChI is InChI=1S/C15H12F6N4O/c1-24-10-5-9(12-8(16)3-2-4-22-12)23-6-11(10)25(13(24)26)7-14(17,18)15(19,20)21/h2-6,13,26H,7H2,1H3. The molecule has 0 fully saturated rings. The highest BCUT2D eigenvalue weighted by Gasteiger charge is 2.59. The van der Waals surface area contributed by atoms with Crippen molar-refractivity contribution in [3.05, 3.63) is 36.4 Å². The van der Waals surface area contributed by atoms with Gasteiger partial charge in [0.25, 0.3) is 0 Å². The van der Waals surface area contributed by atoms with Crippen LogP contribution in [-0.4, -0.2) is 47.1 Å². The number of hydrogen-bond acceptors (Lipinski definition) is 5. The van der Waals surface area contributed by atoms with E-state index in [1.165, 1.54) is 25.4 Å². The molecular weight excluding hydrogens is 366 g/mol. The molecule has 3 rings (SSSR count). The van der Waals surface area contributed by atoms with Crippen molar-refractivity contribution in [2.24, 2.45) is 0 Å². The van der Waals surface area contributed by atoms with Crippen LogP contribution in [0.5, 0.6) is 0 Å². The predicted molar refractivity (Wildman–Crippen MR) is 80.2 cm³/mol. The highest BCUT2D eigenvalue weighted by atomic mass is 19.4. The topological polar surface area (TPSA) is 52.5 Å². The van der Waals surface area contributed by atoms with Crippen LogP contribution in [0.3, 0.4) is 0 Å². The van der Waals surface area contributed by atoms with Gasteiger partial charge in [-0.05, 0) is 18.2 Å². The van der Waals surface area contributed by atoms with Crippen molar-refractivity contribution in [3.8, 4) is 11.4 Å². The third-order valence-electron chi connectivity index (χ3n) is 3.96. The monoisotopic (exact) mass is 378 g/mol. The fourth-order valence-corrected chi connectivity index (χ4v) is 2.57. The van der Waals surface area contributed by atoms with Gasteiger partial charge in [-0.25, -0.2) is 4.39 Å². The van der Waals surface area contributed by atoms with Crippen LogP contribution >= 0.6 is 0 Å². The smallest absolute Gasteiger partial charge is 0.356 e. The van der Waals surface area contributed by atoms with E-state index in [0.717, 1.165) is 17.2 Å². The molecule has 5 nitrogen and oxygen atoms in total. The third-order valence-corrected chi connectivity index (χ3v) is 3.96. The molecule has 140 valence electrons. The zero-order valence-electron chi connectivity index (χ0n) is 13.2. The molecule has 0 aliphatic carbocycles. The van der Waals surface area contributed by atoms with Gasteiger partial charge in [-0.2, -0.15) is 22.0 Å². The molecule has 2 aromatic heterocycles. The maximum Gasteiger partial charge on any atom is 0.455 e. The molecule has 26 heavy (non-hydrogen) atoms. The van der Waals surface area contributed by atoms with E-state index in [1.54, 1.807) is 0 Å². The SMILES string of the molecule is CN1c2cc(-c3ncccc3F)ncc2N(CC(F)(F)C(F)(F)F)C1O. The summed E-state index contributed by atoms with van der Waals surface area (Å²) in [6.45, 7) is -1.78. The lowest BCUT2D eigenvalue weighted by atomic mass is 10.2. The molecule has 3 heterocycles. The molecule has 0 spiro atoms. The molecule has 0 radical (unpaired) electrons. The van der Waals surface area contributed by atoms with Gasteiger partial charge in [0.15, 0.2) is 5.82 Å². The lowest BCUT2D eigenvalue weighted by Crippen LogP contribution is -2.51. The number of aromatic nitrogens is 2. The number of hydrogen-bond donors (Lipinski definition) is 1. The van der Waals surface area contributed by atoms with Crippen molar-refractivity contribution < 1.29 is 31.4 Å². The minimum atomic E-state index is -5.77. The number of aliphatic hydroxyl groups excluding tert-OH is 1. The molecule has 11 heteroatoms. The summed E-state index contributed by atoms with van der Waals surface area (Å²) < 4.78 is 78.1. The second kappa shape index (κ2) is 6.01. The van der Waals surface area contributed by atoms with Crippen LogP contribution in [-0.2, 0) is 0 Å². The van der Waals surface area contributed by atoms with Gasteiger partial charge in [0.2, 0.25) is 6.35 Å². The van der Waals surface area contributed by atoms with Crippen molar-refractivity contribution in [1.29, 1.82) is 0 Å². The Morgan fingerprint density at radius 1 is 1.15 bits per heavy atom. The Balaban J connectivity index is 1.99. The second-order valence-corrected chi connectivity index (χ2v) is 5.68. The molecule has 0 saturated carbocycles. The number of nitrogens with zero attached hydrogens (tertiary/aromatic N) is 4. The Morgan fingerprint density at radius 2 is 1.85 bits per heavy atom. The zero-order chi connectivity index (χ0) is 19.3. The van der Waals surface area contributed by atoms with Crippen LogP contribution in [0, 0.1) is 5.82 Å². The first-order chi connectivity index (χ1) is 12.0. The van der Waals surface area contributed by atoms with Gasteiger partial charge >= 0.3 is 12.1 Å². The first kappa shape index (κ1) is 18.2. The Hall–Kier alpha value is -2.56. The van der Waals surface area contributed by atoms with Crippen LogP contribution in [0.15, 0.2) is 30.6 Å². The maximum atomic E-state index is 13.8. The van der Waals surface area contributed by atoms with Gasteiger partial charge in [0.1, 0.15) is 5.69 Å². The summed E-state index contributed by atoms with van der Waals surface area (Å²) in [6, 6.07) is 3.77. The number of alkyl halides is 5. The molecule has 0 amide bonds. The van der Waals surface area contributed by atoms with E-state index >= 15 is 0 Å². The van der Waals surface area contributed by atoms with E-state index in [4.69, 9.17) is 0 Å². The number of anilines is 2. The first-order valence-electron chi connectivity index (χ1n) is 7.26. The normalized spacial score (nSPS) is 17.6. The summed E-state index contributed by atoms with van der Waals surface area (Å²) in [5, 5.41) is 10.1. The van der Waals surface area contributed by atoms with E-state index in [-0.39, 0.29) is 22.8 Å². The van der Waals surface area contributed by atoms with Crippen LogP contribution in [0.4, 0.5) is 37.7 Å². The molecular formula is C15H12F6N4O. The van der Waals surface area contributed by atoms with E-state index < -0.39 is 30.8 Å². The summed E-state index contributed by atoms with van der Waals surface area (Å²) >= 11 is 0. The molecule has 1 unspecified atom stereocenters. The number of rotatable bonds is 3. The lowest BCUT2D eigenvalue weighted by Gasteiger charge is -2.30. The Kier molecular flexibility index (Phi) is 4.21.